The van der Waals surface area contributed by atoms with E-state index in [9.17, 15) is 0 Å². The Hall–Kier alpha value is -0.900. The SMILES string of the molecule is C1=CN2SNC=C2C=N1. The Kier molecular flexibility index (Phi) is 0.989. The van der Waals surface area contributed by atoms with Gasteiger partial charge < -0.3 is 4.72 Å². The van der Waals surface area contributed by atoms with Crippen molar-refractivity contribution in [3.8, 4) is 0 Å². The molecule has 0 aromatic heterocycles. The molecule has 0 aromatic rings. The van der Waals surface area contributed by atoms with Gasteiger partial charge in [-0.25, -0.2) is 0 Å². The molecule has 1 N–H and O–H groups in total. The Bertz CT molecular complexity index is 203. The van der Waals surface area contributed by atoms with Crippen LogP contribution >= 0.6 is 12.1 Å². The first-order chi connectivity index (χ1) is 4.47. The fraction of sp³-hybridized carbons (Fsp3) is 0. The summed E-state index contributed by atoms with van der Waals surface area (Å²) in [5.74, 6) is 0. The molecule has 0 atom stereocenters. The molecule has 0 bridgehead atoms. The van der Waals surface area contributed by atoms with Crippen LogP contribution in [0.5, 0.6) is 0 Å². The van der Waals surface area contributed by atoms with Crippen molar-refractivity contribution in [3.63, 3.8) is 0 Å². The molecule has 4 heteroatoms. The predicted molar refractivity (Wildman–Crippen MR) is 38.3 cm³/mol. The minimum absolute atomic E-state index is 1.10. The first kappa shape index (κ1) is 4.93. The zero-order valence-electron chi connectivity index (χ0n) is 4.61. The summed E-state index contributed by atoms with van der Waals surface area (Å²) in [7, 11) is 0. The van der Waals surface area contributed by atoms with Crippen LogP contribution < -0.4 is 4.72 Å². The van der Waals surface area contributed by atoms with Gasteiger partial charge in [0.2, 0.25) is 0 Å². The fourth-order valence-electron chi connectivity index (χ4n) is 0.689. The van der Waals surface area contributed by atoms with Crippen molar-refractivity contribution in [2.45, 2.75) is 0 Å². The standard InChI is InChI=1S/C5H5N3S/c1-2-8-5(3-6-1)4-7-9-8/h1-4,7H. The van der Waals surface area contributed by atoms with Crippen LogP contribution in [0.15, 0.2) is 29.3 Å². The maximum Gasteiger partial charge on any atom is 0.0883 e. The molecule has 0 amide bonds. The van der Waals surface area contributed by atoms with Gasteiger partial charge in [0.25, 0.3) is 0 Å². The third kappa shape index (κ3) is 0.712. The van der Waals surface area contributed by atoms with E-state index in [1.807, 2.05) is 22.9 Å². The van der Waals surface area contributed by atoms with Gasteiger partial charge in [-0.3, -0.25) is 9.30 Å². The van der Waals surface area contributed by atoms with Crippen LogP contribution in [0.2, 0.25) is 0 Å². The molecule has 2 heterocycles. The van der Waals surface area contributed by atoms with Crippen molar-refractivity contribution in [2.75, 3.05) is 0 Å². The van der Waals surface area contributed by atoms with Gasteiger partial charge in [-0.05, 0) is 0 Å². The monoisotopic (exact) mass is 139 g/mol. The number of fused-ring (bicyclic) bond motifs is 1. The zero-order valence-corrected chi connectivity index (χ0v) is 5.43. The Morgan fingerprint density at radius 3 is 3.56 bits per heavy atom. The molecule has 0 aliphatic carbocycles. The molecule has 2 aliphatic heterocycles. The molecule has 3 nitrogen and oxygen atoms in total. The van der Waals surface area contributed by atoms with Crippen LogP contribution in [0.1, 0.15) is 0 Å². The Balaban J connectivity index is 2.33. The van der Waals surface area contributed by atoms with Crippen molar-refractivity contribution in [2.24, 2.45) is 4.99 Å². The Labute approximate surface area is 57.4 Å². The highest BCUT2D eigenvalue weighted by Crippen LogP contribution is 2.21. The van der Waals surface area contributed by atoms with E-state index < -0.39 is 0 Å². The van der Waals surface area contributed by atoms with Crippen LogP contribution in [-0.4, -0.2) is 10.5 Å². The van der Waals surface area contributed by atoms with E-state index in [1.54, 1.807) is 6.20 Å². The lowest BCUT2D eigenvalue weighted by molar-refractivity contribution is 0.821. The number of nitrogens with zero attached hydrogens (tertiary/aromatic N) is 2. The third-order valence-electron chi connectivity index (χ3n) is 1.11. The smallest absolute Gasteiger partial charge is 0.0883 e. The molecule has 46 valence electrons. The van der Waals surface area contributed by atoms with E-state index in [2.05, 4.69) is 9.71 Å². The zero-order chi connectivity index (χ0) is 6.10. The lowest BCUT2D eigenvalue weighted by Crippen LogP contribution is -2.06. The summed E-state index contributed by atoms with van der Waals surface area (Å²) in [5.41, 5.74) is 1.10. The quantitative estimate of drug-likeness (QED) is 0.504. The summed E-state index contributed by atoms with van der Waals surface area (Å²) < 4.78 is 5.01. The van der Waals surface area contributed by atoms with Crippen molar-refractivity contribution < 1.29 is 0 Å². The highest BCUT2D eigenvalue weighted by atomic mass is 32.2. The van der Waals surface area contributed by atoms with E-state index in [-0.39, 0.29) is 0 Å². The average molecular weight is 139 g/mol. The first-order valence-electron chi connectivity index (χ1n) is 2.58. The van der Waals surface area contributed by atoms with Crippen LogP contribution in [0.4, 0.5) is 0 Å². The van der Waals surface area contributed by atoms with Gasteiger partial charge in [0.05, 0.1) is 24.0 Å². The second-order valence-corrected chi connectivity index (χ2v) is 2.49. The van der Waals surface area contributed by atoms with Crippen molar-refractivity contribution >= 4 is 18.3 Å². The molecule has 0 saturated carbocycles. The van der Waals surface area contributed by atoms with Crippen LogP contribution in [0.25, 0.3) is 0 Å². The number of hydrogen-bond donors (Lipinski definition) is 1. The second-order valence-electron chi connectivity index (χ2n) is 1.68. The van der Waals surface area contributed by atoms with Crippen LogP contribution in [0.3, 0.4) is 0 Å². The summed E-state index contributed by atoms with van der Waals surface area (Å²) >= 11 is 1.54. The Morgan fingerprint density at radius 1 is 1.67 bits per heavy atom. The molecule has 2 rings (SSSR count). The minimum atomic E-state index is 1.10. The molecule has 9 heavy (non-hydrogen) atoms. The largest absolute Gasteiger partial charge is 0.316 e. The predicted octanol–water partition coefficient (Wildman–Crippen LogP) is 0.852. The molecule has 0 radical (unpaired) electrons. The lowest BCUT2D eigenvalue weighted by atomic mass is 10.5. The van der Waals surface area contributed by atoms with Gasteiger partial charge in [-0.2, -0.15) is 0 Å². The fourth-order valence-corrected chi connectivity index (χ4v) is 1.30. The highest BCUT2D eigenvalue weighted by Gasteiger charge is 2.12. The summed E-state index contributed by atoms with van der Waals surface area (Å²) in [6.07, 6.45) is 7.40. The van der Waals surface area contributed by atoms with Crippen molar-refractivity contribution in [3.05, 3.63) is 24.3 Å². The molecule has 0 saturated heterocycles. The molecule has 0 unspecified atom stereocenters. The van der Waals surface area contributed by atoms with Crippen LogP contribution in [-0.2, 0) is 0 Å². The Morgan fingerprint density at radius 2 is 2.67 bits per heavy atom. The number of allylic oxidation sites excluding steroid dienone is 1. The van der Waals surface area contributed by atoms with E-state index in [1.165, 1.54) is 12.1 Å². The van der Waals surface area contributed by atoms with Gasteiger partial charge in [0, 0.05) is 18.6 Å². The van der Waals surface area contributed by atoms with E-state index in [0.717, 1.165) is 5.70 Å². The molecule has 2 aliphatic rings. The molecule has 0 aromatic carbocycles. The summed E-state index contributed by atoms with van der Waals surface area (Å²) in [6, 6.07) is 0. The molecule has 0 fully saturated rings. The van der Waals surface area contributed by atoms with Crippen molar-refractivity contribution in [1.82, 2.24) is 9.03 Å². The number of aliphatic imine (C=N–C) groups is 1. The summed E-state index contributed by atoms with van der Waals surface area (Å²) in [5, 5.41) is 0. The van der Waals surface area contributed by atoms with Gasteiger partial charge in [0.15, 0.2) is 0 Å². The molecular weight excluding hydrogens is 134 g/mol. The van der Waals surface area contributed by atoms with Gasteiger partial charge >= 0.3 is 0 Å². The molecular formula is C5H5N3S. The maximum absolute atomic E-state index is 3.95. The van der Waals surface area contributed by atoms with E-state index in [0.29, 0.717) is 0 Å². The lowest BCUT2D eigenvalue weighted by Gasteiger charge is -2.11. The topological polar surface area (TPSA) is 27.6 Å². The minimum Gasteiger partial charge on any atom is -0.316 e. The molecule has 0 spiro atoms. The van der Waals surface area contributed by atoms with E-state index in [4.69, 9.17) is 0 Å². The maximum atomic E-state index is 3.95. The number of hydrogen-bond acceptors (Lipinski definition) is 4. The number of rotatable bonds is 0. The normalized spacial score (nSPS) is 21.3. The summed E-state index contributed by atoms with van der Waals surface area (Å²) in [6.45, 7) is 0. The van der Waals surface area contributed by atoms with E-state index >= 15 is 0 Å². The third-order valence-corrected chi connectivity index (χ3v) is 1.86. The summed E-state index contributed by atoms with van der Waals surface area (Å²) in [4.78, 5) is 3.95. The number of nitrogens with one attached hydrogen (secondary N) is 1. The van der Waals surface area contributed by atoms with Gasteiger partial charge in [-0.15, -0.1) is 0 Å². The van der Waals surface area contributed by atoms with Crippen molar-refractivity contribution in [1.29, 1.82) is 0 Å². The van der Waals surface area contributed by atoms with Crippen LogP contribution in [0, 0.1) is 0 Å². The average Bonchev–Trinajstić information content (AvgIpc) is 2.33. The highest BCUT2D eigenvalue weighted by molar-refractivity contribution is 7.95. The van der Waals surface area contributed by atoms with Gasteiger partial charge in [0.1, 0.15) is 0 Å². The second kappa shape index (κ2) is 1.80. The van der Waals surface area contributed by atoms with Gasteiger partial charge in [-0.1, -0.05) is 0 Å². The first-order valence-corrected chi connectivity index (χ1v) is 3.36.